The lowest BCUT2D eigenvalue weighted by atomic mass is 10.2. The molecule has 20 heavy (non-hydrogen) atoms. The van der Waals surface area contributed by atoms with Gasteiger partial charge in [-0.3, -0.25) is 4.79 Å². The molecule has 1 heterocycles. The van der Waals surface area contributed by atoms with E-state index >= 15 is 0 Å². The van der Waals surface area contributed by atoms with Crippen molar-refractivity contribution in [2.24, 2.45) is 0 Å². The van der Waals surface area contributed by atoms with Gasteiger partial charge in [-0.2, -0.15) is 0 Å². The van der Waals surface area contributed by atoms with E-state index in [4.69, 9.17) is 9.47 Å². The van der Waals surface area contributed by atoms with Crippen molar-refractivity contribution < 1.29 is 14.3 Å². The van der Waals surface area contributed by atoms with Crippen LogP contribution in [0.4, 0.5) is 5.69 Å². The van der Waals surface area contributed by atoms with Crippen LogP contribution in [0.2, 0.25) is 0 Å². The molecule has 0 fully saturated rings. The van der Waals surface area contributed by atoms with Crippen molar-refractivity contribution >= 4 is 11.6 Å². The molecule has 0 spiro atoms. The summed E-state index contributed by atoms with van der Waals surface area (Å²) in [5.41, 5.74) is 0.938. The maximum atomic E-state index is 12.1. The van der Waals surface area contributed by atoms with E-state index in [2.05, 4.69) is 15.3 Å². The molecular formula is C14H15N3O3. The molecule has 0 saturated heterocycles. The molecule has 0 aliphatic rings. The molecule has 0 bridgehead atoms. The lowest BCUT2D eigenvalue weighted by Gasteiger charge is -2.08. The molecule has 0 aliphatic carbocycles. The van der Waals surface area contributed by atoms with Crippen molar-refractivity contribution in [1.29, 1.82) is 0 Å². The number of nitrogens with one attached hydrogen (secondary N) is 1. The van der Waals surface area contributed by atoms with Gasteiger partial charge in [-0.15, -0.1) is 0 Å². The van der Waals surface area contributed by atoms with Crippen LogP contribution in [0, 0.1) is 0 Å². The summed E-state index contributed by atoms with van der Waals surface area (Å²) in [6.07, 6.45) is 2.98. The third-order valence-corrected chi connectivity index (χ3v) is 2.51. The van der Waals surface area contributed by atoms with Crippen LogP contribution in [0.25, 0.3) is 0 Å². The first-order valence-corrected chi connectivity index (χ1v) is 6.13. The van der Waals surface area contributed by atoms with Crippen molar-refractivity contribution in [3.8, 4) is 11.8 Å². The number of para-hydroxylation sites is 1. The van der Waals surface area contributed by atoms with Crippen molar-refractivity contribution in [1.82, 2.24) is 9.97 Å². The van der Waals surface area contributed by atoms with Gasteiger partial charge in [-0.1, -0.05) is 12.1 Å². The number of anilines is 1. The lowest BCUT2D eigenvalue weighted by molar-refractivity contribution is 0.102. The summed E-state index contributed by atoms with van der Waals surface area (Å²) < 4.78 is 10.3. The zero-order valence-electron chi connectivity index (χ0n) is 11.3. The van der Waals surface area contributed by atoms with Gasteiger partial charge in [0, 0.05) is 0 Å². The number of rotatable bonds is 5. The first kappa shape index (κ1) is 13.8. The number of carbonyl (C=O) groups is 1. The molecule has 6 nitrogen and oxygen atoms in total. The Bertz CT molecular complexity index is 584. The van der Waals surface area contributed by atoms with Gasteiger partial charge in [0.2, 0.25) is 0 Å². The van der Waals surface area contributed by atoms with Crippen molar-refractivity contribution in [2.75, 3.05) is 19.0 Å². The van der Waals surface area contributed by atoms with Gasteiger partial charge in [0.1, 0.15) is 5.75 Å². The van der Waals surface area contributed by atoms with E-state index in [1.165, 1.54) is 19.5 Å². The van der Waals surface area contributed by atoms with Crippen LogP contribution in [0.15, 0.2) is 36.7 Å². The largest absolute Gasteiger partial charge is 0.496 e. The smallest absolute Gasteiger partial charge is 0.316 e. The van der Waals surface area contributed by atoms with E-state index in [9.17, 15) is 4.79 Å². The Labute approximate surface area is 116 Å². The molecule has 1 N–H and O–H groups in total. The minimum atomic E-state index is -0.282. The molecule has 1 amide bonds. The standard InChI is InChI=1S/C14H15N3O3/c1-3-20-14-15-8-10(9-16-14)17-13(18)11-6-4-5-7-12(11)19-2/h4-9H,3H2,1-2H3,(H,17,18). The molecule has 1 aromatic heterocycles. The van der Waals surface area contributed by atoms with Crippen molar-refractivity contribution in [3.63, 3.8) is 0 Å². The molecule has 6 heteroatoms. The van der Waals surface area contributed by atoms with E-state index in [-0.39, 0.29) is 11.9 Å². The van der Waals surface area contributed by atoms with Crippen LogP contribution in [0.1, 0.15) is 17.3 Å². The van der Waals surface area contributed by atoms with E-state index < -0.39 is 0 Å². The Kier molecular flexibility index (Phi) is 4.49. The van der Waals surface area contributed by atoms with Crippen LogP contribution in [0.3, 0.4) is 0 Å². The average Bonchev–Trinajstić information content (AvgIpc) is 2.49. The minimum absolute atomic E-state index is 0.280. The van der Waals surface area contributed by atoms with Gasteiger partial charge in [-0.25, -0.2) is 9.97 Å². The highest BCUT2D eigenvalue weighted by Gasteiger charge is 2.11. The average molecular weight is 273 g/mol. The SMILES string of the molecule is CCOc1ncc(NC(=O)c2ccccc2OC)cn1. The number of nitrogens with zero attached hydrogens (tertiary/aromatic N) is 2. The summed E-state index contributed by atoms with van der Waals surface area (Å²) in [6, 6.07) is 7.26. The summed E-state index contributed by atoms with van der Waals surface area (Å²) >= 11 is 0. The number of ether oxygens (including phenoxy) is 2. The Balaban J connectivity index is 2.11. The predicted octanol–water partition coefficient (Wildman–Crippen LogP) is 2.14. The second kappa shape index (κ2) is 6.51. The van der Waals surface area contributed by atoms with Crippen LogP contribution < -0.4 is 14.8 Å². The molecule has 2 aromatic rings. The molecular weight excluding hydrogens is 258 g/mol. The van der Waals surface area contributed by atoms with Crippen molar-refractivity contribution in [3.05, 3.63) is 42.2 Å². The third-order valence-electron chi connectivity index (χ3n) is 2.51. The monoisotopic (exact) mass is 273 g/mol. The van der Waals surface area contributed by atoms with Crippen LogP contribution in [0.5, 0.6) is 11.8 Å². The molecule has 0 unspecified atom stereocenters. The van der Waals surface area contributed by atoms with E-state index in [1.54, 1.807) is 24.3 Å². The number of carbonyl (C=O) groups excluding carboxylic acids is 1. The first-order valence-electron chi connectivity index (χ1n) is 6.13. The molecule has 2 rings (SSSR count). The van der Waals surface area contributed by atoms with Crippen LogP contribution in [-0.2, 0) is 0 Å². The highest BCUT2D eigenvalue weighted by molar-refractivity contribution is 6.06. The van der Waals surface area contributed by atoms with Gasteiger partial charge in [0.05, 0.1) is 37.4 Å². The Morgan fingerprint density at radius 3 is 2.60 bits per heavy atom. The Morgan fingerprint density at radius 2 is 1.95 bits per heavy atom. The number of hydrogen-bond donors (Lipinski definition) is 1. The summed E-state index contributed by atoms with van der Waals surface area (Å²) in [6.45, 7) is 2.34. The first-order chi connectivity index (χ1) is 9.74. The fourth-order valence-corrected chi connectivity index (χ4v) is 1.62. The van der Waals surface area contributed by atoms with Crippen LogP contribution in [-0.4, -0.2) is 29.6 Å². The number of amides is 1. The van der Waals surface area contributed by atoms with Gasteiger partial charge in [0.25, 0.3) is 5.91 Å². The highest BCUT2D eigenvalue weighted by atomic mass is 16.5. The molecule has 1 aromatic carbocycles. The minimum Gasteiger partial charge on any atom is -0.496 e. The zero-order chi connectivity index (χ0) is 14.4. The summed E-state index contributed by atoms with van der Waals surface area (Å²) in [4.78, 5) is 20.1. The third kappa shape index (κ3) is 3.23. The zero-order valence-corrected chi connectivity index (χ0v) is 11.3. The molecule has 0 saturated carbocycles. The highest BCUT2D eigenvalue weighted by Crippen LogP contribution is 2.18. The number of hydrogen-bond acceptors (Lipinski definition) is 5. The lowest BCUT2D eigenvalue weighted by Crippen LogP contribution is -2.13. The van der Waals surface area contributed by atoms with Crippen LogP contribution >= 0.6 is 0 Å². The van der Waals surface area contributed by atoms with E-state index in [0.717, 1.165) is 0 Å². The maximum Gasteiger partial charge on any atom is 0.316 e. The maximum absolute atomic E-state index is 12.1. The second-order valence-corrected chi connectivity index (χ2v) is 3.84. The second-order valence-electron chi connectivity index (χ2n) is 3.84. The Hall–Kier alpha value is -2.63. The fourth-order valence-electron chi connectivity index (χ4n) is 1.62. The van der Waals surface area contributed by atoms with Gasteiger partial charge in [-0.05, 0) is 19.1 Å². The summed E-state index contributed by atoms with van der Waals surface area (Å²) in [5, 5.41) is 2.70. The quantitative estimate of drug-likeness (QED) is 0.903. The molecule has 0 aliphatic heterocycles. The normalized spacial score (nSPS) is 9.90. The number of aromatic nitrogens is 2. The molecule has 0 atom stereocenters. The molecule has 104 valence electrons. The molecule has 0 radical (unpaired) electrons. The van der Waals surface area contributed by atoms with E-state index in [1.807, 2.05) is 6.92 Å². The van der Waals surface area contributed by atoms with Gasteiger partial charge >= 0.3 is 6.01 Å². The van der Waals surface area contributed by atoms with Gasteiger partial charge < -0.3 is 14.8 Å². The van der Waals surface area contributed by atoms with Crippen molar-refractivity contribution in [2.45, 2.75) is 6.92 Å². The number of methoxy groups -OCH3 is 1. The Morgan fingerprint density at radius 1 is 1.25 bits per heavy atom. The predicted molar refractivity (Wildman–Crippen MR) is 74.1 cm³/mol. The number of benzene rings is 1. The fraction of sp³-hybridized carbons (Fsp3) is 0.214. The summed E-state index contributed by atoms with van der Waals surface area (Å²) in [7, 11) is 1.52. The van der Waals surface area contributed by atoms with Gasteiger partial charge in [0.15, 0.2) is 0 Å². The topological polar surface area (TPSA) is 73.3 Å². The van der Waals surface area contributed by atoms with E-state index in [0.29, 0.717) is 23.6 Å². The summed E-state index contributed by atoms with van der Waals surface area (Å²) in [5.74, 6) is 0.229.